The van der Waals surface area contributed by atoms with Gasteiger partial charge in [-0.25, -0.2) is 9.37 Å². The second kappa shape index (κ2) is 12.0. The normalized spacial score (nSPS) is 15.1. The number of hydrogen-bond donors (Lipinski definition) is 3. The molecule has 1 aliphatic rings. The first-order chi connectivity index (χ1) is 17.5. The summed E-state index contributed by atoms with van der Waals surface area (Å²) in [5.74, 6) is -0.521. The Hall–Kier alpha value is -4.11. The highest BCUT2D eigenvalue weighted by Gasteiger charge is 2.23. The van der Waals surface area contributed by atoms with E-state index in [1.807, 2.05) is 18.2 Å². The molecule has 1 atom stereocenters. The maximum Gasteiger partial charge on any atom is 0.326 e. The molecule has 3 aromatic rings. The van der Waals surface area contributed by atoms with E-state index < -0.39 is 6.04 Å². The lowest BCUT2D eigenvalue weighted by Crippen LogP contribution is -2.39. The molecule has 36 heavy (non-hydrogen) atoms. The Morgan fingerprint density at radius 3 is 2.81 bits per heavy atom. The minimum absolute atomic E-state index is 0.280. The number of halogens is 1. The average Bonchev–Trinajstić information content (AvgIpc) is 2.92. The van der Waals surface area contributed by atoms with Gasteiger partial charge in [-0.05, 0) is 59.9 Å². The first kappa shape index (κ1) is 25.0. The van der Waals surface area contributed by atoms with Crippen LogP contribution >= 0.6 is 0 Å². The summed E-state index contributed by atoms with van der Waals surface area (Å²) in [6, 6.07) is 13.1. The second-order valence-corrected chi connectivity index (χ2v) is 8.34. The van der Waals surface area contributed by atoms with Gasteiger partial charge in [-0.3, -0.25) is 14.6 Å². The van der Waals surface area contributed by atoms with Crippen molar-refractivity contribution in [1.29, 1.82) is 0 Å². The van der Waals surface area contributed by atoms with Crippen LogP contribution in [-0.4, -0.2) is 48.1 Å². The lowest BCUT2D eigenvalue weighted by molar-refractivity contribution is -0.141. The highest BCUT2D eigenvalue weighted by molar-refractivity contribution is 5.99. The molecule has 186 valence electrons. The van der Waals surface area contributed by atoms with Crippen LogP contribution in [0, 0.1) is 5.82 Å². The first-order valence-electron chi connectivity index (χ1n) is 11.7. The number of ether oxygens (including phenoxy) is 1. The van der Waals surface area contributed by atoms with Crippen LogP contribution in [0.25, 0.3) is 5.57 Å². The van der Waals surface area contributed by atoms with E-state index in [4.69, 9.17) is 9.72 Å². The SMILES string of the molecule is COC(=O)C1C=C(c2ccc(C(=O)NCc3cccnc3)c(NCCc3cccc(F)c3)n2)CCN1. The highest BCUT2D eigenvalue weighted by Crippen LogP contribution is 2.24. The molecule has 1 unspecified atom stereocenters. The van der Waals surface area contributed by atoms with Gasteiger partial charge in [0.05, 0.1) is 18.4 Å². The zero-order chi connectivity index (χ0) is 25.3. The Balaban J connectivity index is 1.55. The summed E-state index contributed by atoms with van der Waals surface area (Å²) in [6.45, 7) is 1.38. The zero-order valence-electron chi connectivity index (χ0n) is 20.0. The van der Waals surface area contributed by atoms with Gasteiger partial charge in [0.15, 0.2) is 0 Å². The molecule has 0 saturated carbocycles. The second-order valence-electron chi connectivity index (χ2n) is 8.34. The van der Waals surface area contributed by atoms with Crippen molar-refractivity contribution in [3.05, 3.63) is 95.2 Å². The van der Waals surface area contributed by atoms with E-state index >= 15 is 0 Å². The third-order valence-corrected chi connectivity index (χ3v) is 5.82. The topological polar surface area (TPSA) is 105 Å². The number of pyridine rings is 2. The predicted octanol–water partition coefficient (Wildman–Crippen LogP) is 3.12. The number of aromatic nitrogens is 2. The van der Waals surface area contributed by atoms with E-state index in [1.165, 1.54) is 19.2 Å². The Kier molecular flexibility index (Phi) is 8.36. The number of nitrogens with one attached hydrogen (secondary N) is 3. The van der Waals surface area contributed by atoms with Crippen LogP contribution in [0.5, 0.6) is 0 Å². The van der Waals surface area contributed by atoms with E-state index in [9.17, 15) is 14.0 Å². The van der Waals surface area contributed by atoms with E-state index in [0.29, 0.717) is 49.6 Å². The van der Waals surface area contributed by atoms with Crippen LogP contribution < -0.4 is 16.0 Å². The molecule has 1 amide bonds. The summed E-state index contributed by atoms with van der Waals surface area (Å²) in [5, 5.41) is 9.26. The molecule has 8 nitrogen and oxygen atoms in total. The standard InChI is InChI=1S/C27H28FN5O3/c1-36-27(35)24-15-20(10-13-30-24)23-8-7-22(26(34)32-17-19-5-3-11-29-16-19)25(33-23)31-12-9-18-4-2-6-21(28)14-18/h2-8,11,14-16,24,30H,9-10,12-13,17H2,1H3,(H,31,33)(H,32,34). The molecule has 0 bridgehead atoms. The maximum absolute atomic E-state index is 13.6. The zero-order valence-corrected chi connectivity index (χ0v) is 20.0. The highest BCUT2D eigenvalue weighted by atomic mass is 19.1. The number of carbonyl (C=O) groups is 2. The molecule has 0 fully saturated rings. The minimum atomic E-state index is -0.549. The maximum atomic E-state index is 13.6. The van der Waals surface area contributed by atoms with Gasteiger partial charge in [0.1, 0.15) is 17.7 Å². The van der Waals surface area contributed by atoms with Crippen LogP contribution in [-0.2, 0) is 22.5 Å². The van der Waals surface area contributed by atoms with Gasteiger partial charge < -0.3 is 20.7 Å². The lowest BCUT2D eigenvalue weighted by Gasteiger charge is -2.21. The molecule has 2 aromatic heterocycles. The van der Waals surface area contributed by atoms with Crippen LogP contribution in [0.3, 0.4) is 0 Å². The third kappa shape index (κ3) is 6.51. The van der Waals surface area contributed by atoms with Gasteiger partial charge in [-0.2, -0.15) is 0 Å². The van der Waals surface area contributed by atoms with Crippen molar-refractivity contribution < 1.29 is 18.7 Å². The van der Waals surface area contributed by atoms with Crippen molar-refractivity contribution in [3.8, 4) is 0 Å². The molecule has 0 spiro atoms. The summed E-state index contributed by atoms with van der Waals surface area (Å²) < 4.78 is 18.4. The van der Waals surface area contributed by atoms with Crippen LogP contribution in [0.1, 0.15) is 33.6 Å². The molecule has 3 heterocycles. The molecule has 0 radical (unpaired) electrons. The quantitative estimate of drug-likeness (QED) is 0.397. The molecular formula is C27H28FN5O3. The van der Waals surface area contributed by atoms with Crippen molar-refractivity contribution in [1.82, 2.24) is 20.6 Å². The van der Waals surface area contributed by atoms with Crippen molar-refractivity contribution in [2.75, 3.05) is 25.5 Å². The molecule has 9 heteroatoms. The van der Waals surface area contributed by atoms with Gasteiger partial charge in [0.2, 0.25) is 0 Å². The van der Waals surface area contributed by atoms with Crippen LogP contribution in [0.4, 0.5) is 10.2 Å². The lowest BCUT2D eigenvalue weighted by atomic mass is 10.0. The van der Waals surface area contributed by atoms with Crippen LogP contribution in [0.2, 0.25) is 0 Å². The molecule has 4 rings (SSSR count). The molecule has 1 aromatic carbocycles. The fourth-order valence-corrected chi connectivity index (χ4v) is 3.95. The number of esters is 1. The minimum Gasteiger partial charge on any atom is -0.468 e. The largest absolute Gasteiger partial charge is 0.468 e. The molecule has 0 saturated heterocycles. The monoisotopic (exact) mass is 489 g/mol. The Labute approximate surface area is 209 Å². The van der Waals surface area contributed by atoms with Crippen LogP contribution in [0.15, 0.2) is 67.0 Å². The Bertz CT molecular complexity index is 1250. The van der Waals surface area contributed by atoms with E-state index in [0.717, 1.165) is 16.7 Å². The first-order valence-corrected chi connectivity index (χ1v) is 11.7. The summed E-state index contributed by atoms with van der Waals surface area (Å²) in [4.78, 5) is 33.8. The number of rotatable bonds is 9. The van der Waals surface area contributed by atoms with E-state index in [1.54, 1.807) is 36.7 Å². The number of carbonyl (C=O) groups excluding carboxylic acids is 2. The predicted molar refractivity (Wildman–Crippen MR) is 135 cm³/mol. The molecular weight excluding hydrogens is 461 g/mol. The van der Waals surface area contributed by atoms with Gasteiger partial charge in [-0.1, -0.05) is 24.3 Å². The van der Waals surface area contributed by atoms with Crippen molar-refractivity contribution in [2.24, 2.45) is 0 Å². The number of amides is 1. The smallest absolute Gasteiger partial charge is 0.326 e. The fraction of sp³-hybridized carbons (Fsp3) is 0.259. The summed E-state index contributed by atoms with van der Waals surface area (Å²) in [5.41, 5.74) is 3.66. The summed E-state index contributed by atoms with van der Waals surface area (Å²) in [7, 11) is 1.35. The van der Waals surface area contributed by atoms with Gasteiger partial charge in [-0.15, -0.1) is 0 Å². The number of benzene rings is 1. The Morgan fingerprint density at radius 2 is 2.03 bits per heavy atom. The third-order valence-electron chi connectivity index (χ3n) is 5.82. The van der Waals surface area contributed by atoms with Gasteiger partial charge in [0, 0.05) is 32.0 Å². The number of methoxy groups -OCH3 is 1. The number of anilines is 1. The Morgan fingerprint density at radius 1 is 1.17 bits per heavy atom. The molecule has 1 aliphatic heterocycles. The molecule has 3 N–H and O–H groups in total. The van der Waals surface area contributed by atoms with Gasteiger partial charge >= 0.3 is 5.97 Å². The van der Waals surface area contributed by atoms with Crippen molar-refractivity contribution in [2.45, 2.75) is 25.4 Å². The summed E-state index contributed by atoms with van der Waals surface area (Å²) >= 11 is 0. The van der Waals surface area contributed by atoms with Crippen molar-refractivity contribution >= 4 is 23.3 Å². The van der Waals surface area contributed by atoms with E-state index in [2.05, 4.69) is 20.9 Å². The van der Waals surface area contributed by atoms with E-state index in [-0.39, 0.29) is 17.7 Å². The van der Waals surface area contributed by atoms with Gasteiger partial charge in [0.25, 0.3) is 5.91 Å². The number of hydrogen-bond acceptors (Lipinski definition) is 7. The average molecular weight is 490 g/mol. The van der Waals surface area contributed by atoms with Crippen molar-refractivity contribution in [3.63, 3.8) is 0 Å². The number of nitrogens with zero attached hydrogens (tertiary/aromatic N) is 2. The fourth-order valence-electron chi connectivity index (χ4n) is 3.95. The summed E-state index contributed by atoms with van der Waals surface area (Å²) in [6.07, 6.45) is 6.40. The molecule has 0 aliphatic carbocycles.